The fourth-order valence-electron chi connectivity index (χ4n) is 3.32. The van der Waals surface area contributed by atoms with E-state index in [1.807, 2.05) is 18.2 Å². The van der Waals surface area contributed by atoms with E-state index in [9.17, 15) is 14.9 Å². The SMILES string of the molecule is O=C([C@@H]1COc2ccccc2O1)N1CCN(c2ccc([N+](=O)[O-])cc2)CC1. The zero-order chi connectivity index (χ0) is 18.8. The third-order valence-electron chi connectivity index (χ3n) is 4.80. The summed E-state index contributed by atoms with van der Waals surface area (Å²) in [5.41, 5.74) is 0.987. The number of carbonyl (C=O) groups is 1. The third-order valence-corrected chi connectivity index (χ3v) is 4.80. The van der Waals surface area contributed by atoms with Crippen LogP contribution in [0.25, 0.3) is 0 Å². The second-order valence-electron chi connectivity index (χ2n) is 6.45. The molecule has 0 aromatic heterocycles. The Morgan fingerprint density at radius 1 is 1.00 bits per heavy atom. The number of piperazine rings is 1. The van der Waals surface area contributed by atoms with Crippen LogP contribution in [0.4, 0.5) is 11.4 Å². The van der Waals surface area contributed by atoms with Gasteiger partial charge in [-0.3, -0.25) is 14.9 Å². The molecule has 8 nitrogen and oxygen atoms in total. The monoisotopic (exact) mass is 369 g/mol. The average molecular weight is 369 g/mol. The highest BCUT2D eigenvalue weighted by molar-refractivity contribution is 5.82. The van der Waals surface area contributed by atoms with Gasteiger partial charge in [0.05, 0.1) is 4.92 Å². The average Bonchev–Trinajstić information content (AvgIpc) is 2.73. The Hall–Kier alpha value is -3.29. The first-order valence-electron chi connectivity index (χ1n) is 8.78. The molecule has 2 aromatic rings. The normalized spacial score (nSPS) is 18.9. The molecule has 140 valence electrons. The highest BCUT2D eigenvalue weighted by Gasteiger charge is 2.32. The molecule has 1 amide bonds. The van der Waals surface area contributed by atoms with Crippen LogP contribution in [0.5, 0.6) is 11.5 Å². The second-order valence-corrected chi connectivity index (χ2v) is 6.45. The largest absolute Gasteiger partial charge is 0.485 e. The van der Waals surface area contributed by atoms with Crippen LogP contribution in [0.15, 0.2) is 48.5 Å². The number of fused-ring (bicyclic) bond motifs is 1. The first-order valence-corrected chi connectivity index (χ1v) is 8.78. The Balaban J connectivity index is 1.35. The Labute approximate surface area is 156 Å². The topological polar surface area (TPSA) is 85.2 Å². The van der Waals surface area contributed by atoms with Crippen molar-refractivity contribution in [3.05, 3.63) is 58.6 Å². The Morgan fingerprint density at radius 3 is 2.33 bits per heavy atom. The molecule has 0 unspecified atom stereocenters. The number of para-hydroxylation sites is 2. The quantitative estimate of drug-likeness (QED) is 0.608. The fourth-order valence-corrected chi connectivity index (χ4v) is 3.32. The lowest BCUT2D eigenvalue weighted by Crippen LogP contribution is -2.54. The molecule has 1 fully saturated rings. The van der Waals surface area contributed by atoms with Crippen molar-refractivity contribution in [2.75, 3.05) is 37.7 Å². The van der Waals surface area contributed by atoms with Crippen molar-refractivity contribution in [1.29, 1.82) is 0 Å². The lowest BCUT2D eigenvalue weighted by atomic mass is 10.2. The number of carbonyl (C=O) groups excluding carboxylic acids is 1. The molecule has 2 aliphatic rings. The molecular weight excluding hydrogens is 350 g/mol. The molecule has 27 heavy (non-hydrogen) atoms. The summed E-state index contributed by atoms with van der Waals surface area (Å²) in [4.78, 5) is 27.0. The summed E-state index contributed by atoms with van der Waals surface area (Å²) < 4.78 is 11.4. The maximum absolute atomic E-state index is 12.8. The van der Waals surface area contributed by atoms with Gasteiger partial charge in [-0.2, -0.15) is 0 Å². The van der Waals surface area contributed by atoms with Crippen LogP contribution in [0.3, 0.4) is 0 Å². The van der Waals surface area contributed by atoms with Gasteiger partial charge < -0.3 is 19.3 Å². The molecule has 2 aliphatic heterocycles. The summed E-state index contributed by atoms with van der Waals surface area (Å²) in [6, 6.07) is 13.8. The van der Waals surface area contributed by atoms with E-state index in [4.69, 9.17) is 9.47 Å². The molecule has 0 bridgehead atoms. The smallest absolute Gasteiger partial charge is 0.269 e. The minimum Gasteiger partial charge on any atom is -0.485 e. The van der Waals surface area contributed by atoms with Gasteiger partial charge in [-0.15, -0.1) is 0 Å². The molecule has 1 saturated heterocycles. The van der Waals surface area contributed by atoms with Crippen molar-refractivity contribution >= 4 is 17.3 Å². The van der Waals surface area contributed by atoms with Crippen LogP contribution in [0.2, 0.25) is 0 Å². The summed E-state index contributed by atoms with van der Waals surface area (Å²) in [6.07, 6.45) is -0.633. The molecule has 0 spiro atoms. The maximum atomic E-state index is 12.8. The van der Waals surface area contributed by atoms with Gasteiger partial charge in [0.25, 0.3) is 11.6 Å². The van der Waals surface area contributed by atoms with Gasteiger partial charge in [0.2, 0.25) is 6.10 Å². The van der Waals surface area contributed by atoms with Crippen LogP contribution in [-0.4, -0.2) is 54.6 Å². The Bertz CT molecular complexity index is 847. The minimum absolute atomic E-state index is 0.0716. The summed E-state index contributed by atoms with van der Waals surface area (Å²) in [5.74, 6) is 1.17. The van der Waals surface area contributed by atoms with Crippen LogP contribution < -0.4 is 14.4 Å². The van der Waals surface area contributed by atoms with E-state index in [0.717, 1.165) is 5.69 Å². The second kappa shape index (κ2) is 7.14. The van der Waals surface area contributed by atoms with Gasteiger partial charge in [0.15, 0.2) is 11.5 Å². The molecule has 2 aromatic carbocycles. The number of non-ortho nitro benzene ring substituents is 1. The van der Waals surface area contributed by atoms with E-state index in [1.54, 1.807) is 23.1 Å². The van der Waals surface area contributed by atoms with Crippen molar-refractivity contribution < 1.29 is 19.2 Å². The number of nitro groups is 1. The van der Waals surface area contributed by atoms with E-state index < -0.39 is 11.0 Å². The van der Waals surface area contributed by atoms with Crippen molar-refractivity contribution in [3.8, 4) is 11.5 Å². The van der Waals surface area contributed by atoms with Gasteiger partial charge in [0.1, 0.15) is 6.61 Å². The van der Waals surface area contributed by atoms with Crippen molar-refractivity contribution in [1.82, 2.24) is 4.90 Å². The summed E-state index contributed by atoms with van der Waals surface area (Å²) in [6.45, 7) is 2.66. The van der Waals surface area contributed by atoms with Gasteiger partial charge in [-0.25, -0.2) is 0 Å². The predicted octanol–water partition coefficient (Wildman–Crippen LogP) is 2.08. The Kier molecular flexibility index (Phi) is 4.53. The number of nitrogens with zero attached hydrogens (tertiary/aromatic N) is 3. The lowest BCUT2D eigenvalue weighted by molar-refractivity contribution is -0.384. The summed E-state index contributed by atoms with van der Waals surface area (Å²) in [7, 11) is 0. The molecule has 0 radical (unpaired) electrons. The van der Waals surface area contributed by atoms with E-state index in [1.165, 1.54) is 12.1 Å². The molecule has 1 atom stereocenters. The van der Waals surface area contributed by atoms with Gasteiger partial charge in [-0.1, -0.05) is 12.1 Å². The van der Waals surface area contributed by atoms with E-state index >= 15 is 0 Å². The molecule has 0 N–H and O–H groups in total. The Morgan fingerprint density at radius 2 is 1.67 bits per heavy atom. The number of hydrogen-bond donors (Lipinski definition) is 0. The number of amides is 1. The van der Waals surface area contributed by atoms with Crippen LogP contribution >= 0.6 is 0 Å². The van der Waals surface area contributed by atoms with E-state index in [-0.39, 0.29) is 18.2 Å². The number of hydrogen-bond acceptors (Lipinski definition) is 6. The van der Waals surface area contributed by atoms with Crippen LogP contribution in [-0.2, 0) is 4.79 Å². The van der Waals surface area contributed by atoms with Crippen molar-refractivity contribution in [2.45, 2.75) is 6.10 Å². The van der Waals surface area contributed by atoms with Crippen LogP contribution in [0.1, 0.15) is 0 Å². The van der Waals surface area contributed by atoms with Crippen molar-refractivity contribution in [2.24, 2.45) is 0 Å². The minimum atomic E-state index is -0.633. The highest BCUT2D eigenvalue weighted by atomic mass is 16.6. The number of nitro benzene ring substituents is 1. The third kappa shape index (κ3) is 3.51. The van der Waals surface area contributed by atoms with Crippen molar-refractivity contribution in [3.63, 3.8) is 0 Å². The first kappa shape index (κ1) is 17.1. The van der Waals surface area contributed by atoms with Crippen LogP contribution in [0, 0.1) is 10.1 Å². The van der Waals surface area contributed by atoms with E-state index in [0.29, 0.717) is 37.7 Å². The number of benzene rings is 2. The number of ether oxygens (including phenoxy) is 2. The molecule has 0 aliphatic carbocycles. The summed E-state index contributed by atoms with van der Waals surface area (Å²) >= 11 is 0. The maximum Gasteiger partial charge on any atom is 0.269 e. The van der Waals surface area contributed by atoms with E-state index in [2.05, 4.69) is 4.90 Å². The number of rotatable bonds is 3. The standard InChI is InChI=1S/C19H19N3O5/c23-19(18-13-26-16-3-1-2-4-17(16)27-18)21-11-9-20(10-12-21)14-5-7-15(8-6-14)22(24)25/h1-8,18H,9-13H2/t18-/m0/s1. The lowest BCUT2D eigenvalue weighted by Gasteiger charge is -2.38. The molecule has 4 rings (SSSR count). The van der Waals surface area contributed by atoms with Gasteiger partial charge in [-0.05, 0) is 24.3 Å². The molecular formula is C19H19N3O5. The predicted molar refractivity (Wildman–Crippen MR) is 98.2 cm³/mol. The van der Waals surface area contributed by atoms with Gasteiger partial charge >= 0.3 is 0 Å². The summed E-state index contributed by atoms with van der Waals surface area (Å²) in [5, 5.41) is 10.8. The highest BCUT2D eigenvalue weighted by Crippen LogP contribution is 2.31. The van der Waals surface area contributed by atoms with Gasteiger partial charge in [0, 0.05) is 44.0 Å². The zero-order valence-electron chi connectivity index (χ0n) is 14.6. The zero-order valence-corrected chi connectivity index (χ0v) is 14.6. The fraction of sp³-hybridized carbons (Fsp3) is 0.316. The molecule has 2 heterocycles. The molecule has 8 heteroatoms. The number of anilines is 1. The first-order chi connectivity index (χ1) is 13.1. The molecule has 0 saturated carbocycles.